The van der Waals surface area contributed by atoms with Crippen LogP contribution in [0.4, 0.5) is 19.0 Å². The second kappa shape index (κ2) is 6.15. The van der Waals surface area contributed by atoms with Gasteiger partial charge in [0.15, 0.2) is 5.82 Å². The molecule has 136 valence electrons. The number of hydrogen-bond acceptors (Lipinski definition) is 5. The molecule has 26 heavy (non-hydrogen) atoms. The molecular weight excluding hydrogens is 347 g/mol. The second-order valence-electron chi connectivity index (χ2n) is 6.29. The molecule has 9 heteroatoms. The maximum absolute atomic E-state index is 12.6. The second-order valence-corrected chi connectivity index (χ2v) is 6.29. The molecule has 0 unspecified atom stereocenters. The molecule has 1 saturated carbocycles. The fourth-order valence-electron chi connectivity index (χ4n) is 2.91. The van der Waals surface area contributed by atoms with Crippen LogP contribution in [0.15, 0.2) is 36.7 Å². The lowest BCUT2D eigenvalue weighted by atomic mass is 10.2. The molecule has 1 aliphatic carbocycles. The first-order valence-electron chi connectivity index (χ1n) is 8.17. The molecule has 0 aliphatic heterocycles. The van der Waals surface area contributed by atoms with E-state index in [4.69, 9.17) is 0 Å². The summed E-state index contributed by atoms with van der Waals surface area (Å²) in [5.74, 6) is 1.65. The van der Waals surface area contributed by atoms with Crippen molar-refractivity contribution in [1.82, 2.24) is 19.6 Å². The molecule has 3 aromatic rings. The van der Waals surface area contributed by atoms with E-state index >= 15 is 0 Å². The number of ether oxygens (including phenoxy) is 1. The zero-order chi connectivity index (χ0) is 18.3. The van der Waals surface area contributed by atoms with E-state index in [1.807, 2.05) is 4.40 Å². The van der Waals surface area contributed by atoms with Gasteiger partial charge in [-0.3, -0.25) is 4.40 Å². The average molecular weight is 363 g/mol. The molecule has 0 saturated heterocycles. The van der Waals surface area contributed by atoms with Crippen molar-refractivity contribution < 1.29 is 17.9 Å². The van der Waals surface area contributed by atoms with Crippen LogP contribution in [0.1, 0.15) is 30.1 Å². The van der Waals surface area contributed by atoms with Crippen LogP contribution in [-0.4, -0.2) is 33.0 Å². The molecule has 0 atom stereocenters. The predicted octanol–water partition coefficient (Wildman–Crippen LogP) is 3.54. The van der Waals surface area contributed by atoms with Gasteiger partial charge in [0.2, 0.25) is 5.65 Å². The normalized spacial score (nSPS) is 14.6. The topological polar surface area (TPSA) is 55.5 Å². The smallest absolute Gasteiger partial charge is 0.405 e. The number of anilines is 1. The molecule has 0 bridgehead atoms. The quantitative estimate of drug-likeness (QED) is 0.694. The Hall–Kier alpha value is -2.84. The summed E-state index contributed by atoms with van der Waals surface area (Å²) >= 11 is 0. The summed E-state index contributed by atoms with van der Waals surface area (Å²) in [5, 5.41) is 8.47. The van der Waals surface area contributed by atoms with Crippen molar-refractivity contribution in [3.63, 3.8) is 0 Å². The van der Waals surface area contributed by atoms with Crippen molar-refractivity contribution in [1.29, 1.82) is 0 Å². The largest absolute Gasteiger partial charge is 0.573 e. The first-order chi connectivity index (χ1) is 12.4. The number of rotatable bonds is 5. The zero-order valence-corrected chi connectivity index (χ0v) is 13.9. The highest BCUT2D eigenvalue weighted by atomic mass is 19.4. The van der Waals surface area contributed by atoms with Gasteiger partial charge >= 0.3 is 6.36 Å². The third-order valence-corrected chi connectivity index (χ3v) is 4.24. The Morgan fingerprint density at radius 3 is 2.73 bits per heavy atom. The van der Waals surface area contributed by atoms with E-state index < -0.39 is 6.36 Å². The van der Waals surface area contributed by atoms with Gasteiger partial charge in [-0.25, -0.2) is 4.98 Å². The Morgan fingerprint density at radius 1 is 1.23 bits per heavy atom. The van der Waals surface area contributed by atoms with Gasteiger partial charge < -0.3 is 9.64 Å². The number of benzene rings is 1. The van der Waals surface area contributed by atoms with Crippen molar-refractivity contribution in [2.75, 3.05) is 11.9 Å². The molecule has 1 fully saturated rings. The van der Waals surface area contributed by atoms with Gasteiger partial charge in [0.05, 0.1) is 0 Å². The fourth-order valence-corrected chi connectivity index (χ4v) is 2.91. The molecule has 6 nitrogen and oxygen atoms in total. The lowest BCUT2D eigenvalue weighted by Gasteiger charge is -2.20. The Labute approximate surface area is 147 Å². The standard InChI is InChI=1S/C17H16F3N5O/c1-24(10-12-4-2-3-5-13(12)26-17(18,19)20)15-16-23-22-14(11-6-7-11)25(16)9-8-21-15/h2-5,8-9,11H,6-7,10H2,1H3. The zero-order valence-electron chi connectivity index (χ0n) is 13.9. The Bertz CT molecular complexity index is 936. The molecular formula is C17H16F3N5O. The molecule has 0 spiro atoms. The van der Waals surface area contributed by atoms with Gasteiger partial charge in [-0.1, -0.05) is 18.2 Å². The van der Waals surface area contributed by atoms with E-state index in [2.05, 4.69) is 19.9 Å². The van der Waals surface area contributed by atoms with Gasteiger partial charge in [0.25, 0.3) is 0 Å². The van der Waals surface area contributed by atoms with E-state index in [0.717, 1.165) is 18.7 Å². The minimum Gasteiger partial charge on any atom is -0.405 e. The maximum Gasteiger partial charge on any atom is 0.573 e. The van der Waals surface area contributed by atoms with Crippen LogP contribution in [-0.2, 0) is 6.54 Å². The summed E-state index contributed by atoms with van der Waals surface area (Å²) in [6.45, 7) is 0.185. The summed E-state index contributed by atoms with van der Waals surface area (Å²) in [6.07, 6.45) is 0.902. The van der Waals surface area contributed by atoms with Gasteiger partial charge in [-0.2, -0.15) is 0 Å². The Balaban J connectivity index is 1.63. The van der Waals surface area contributed by atoms with E-state index in [1.165, 1.54) is 12.1 Å². The van der Waals surface area contributed by atoms with E-state index in [0.29, 0.717) is 22.9 Å². The minimum atomic E-state index is -4.74. The number of para-hydroxylation sites is 1. The van der Waals surface area contributed by atoms with Crippen LogP contribution in [0.25, 0.3) is 5.65 Å². The first kappa shape index (κ1) is 16.6. The van der Waals surface area contributed by atoms with E-state index in [1.54, 1.807) is 36.5 Å². The van der Waals surface area contributed by atoms with Crippen LogP contribution in [0.3, 0.4) is 0 Å². The highest BCUT2D eigenvalue weighted by molar-refractivity contribution is 5.64. The molecule has 2 aromatic heterocycles. The van der Waals surface area contributed by atoms with Crippen LogP contribution in [0, 0.1) is 0 Å². The van der Waals surface area contributed by atoms with E-state index in [-0.39, 0.29) is 12.3 Å². The van der Waals surface area contributed by atoms with Crippen molar-refractivity contribution in [3.05, 3.63) is 48.0 Å². The highest BCUT2D eigenvalue weighted by Gasteiger charge is 2.32. The van der Waals surface area contributed by atoms with Gasteiger partial charge in [-0.15, -0.1) is 23.4 Å². The van der Waals surface area contributed by atoms with Crippen molar-refractivity contribution >= 4 is 11.5 Å². The van der Waals surface area contributed by atoms with Crippen LogP contribution in [0.5, 0.6) is 5.75 Å². The summed E-state index contributed by atoms with van der Waals surface area (Å²) in [6, 6.07) is 6.07. The Kier molecular flexibility index (Phi) is 3.93. The van der Waals surface area contributed by atoms with Gasteiger partial charge in [0.1, 0.15) is 11.6 Å². The monoisotopic (exact) mass is 363 g/mol. The van der Waals surface area contributed by atoms with Gasteiger partial charge in [-0.05, 0) is 18.9 Å². The maximum atomic E-state index is 12.6. The molecule has 4 rings (SSSR count). The molecule has 1 aliphatic rings. The lowest BCUT2D eigenvalue weighted by Crippen LogP contribution is -2.22. The van der Waals surface area contributed by atoms with Crippen LogP contribution < -0.4 is 9.64 Å². The number of fused-ring (bicyclic) bond motifs is 1. The SMILES string of the molecule is CN(Cc1ccccc1OC(F)(F)F)c1nccn2c(C3CC3)nnc12. The molecule has 1 aromatic carbocycles. The first-order valence-corrected chi connectivity index (χ1v) is 8.17. The highest BCUT2D eigenvalue weighted by Crippen LogP contribution is 2.39. The number of hydrogen-bond donors (Lipinski definition) is 0. The molecule has 2 heterocycles. The average Bonchev–Trinajstić information content (AvgIpc) is 3.33. The number of nitrogens with zero attached hydrogens (tertiary/aromatic N) is 5. The summed E-state index contributed by atoms with van der Waals surface area (Å²) in [4.78, 5) is 6.08. The number of halogens is 3. The van der Waals surface area contributed by atoms with Crippen LogP contribution in [0.2, 0.25) is 0 Å². The summed E-state index contributed by atoms with van der Waals surface area (Å²) in [5.41, 5.74) is 0.990. The van der Waals surface area contributed by atoms with Gasteiger partial charge in [0, 0.05) is 37.5 Å². The minimum absolute atomic E-state index is 0.185. The fraction of sp³-hybridized carbons (Fsp3) is 0.353. The van der Waals surface area contributed by atoms with Crippen LogP contribution >= 0.6 is 0 Å². The lowest BCUT2D eigenvalue weighted by molar-refractivity contribution is -0.274. The third-order valence-electron chi connectivity index (χ3n) is 4.24. The molecule has 0 N–H and O–H groups in total. The van der Waals surface area contributed by atoms with Crippen molar-refractivity contribution in [2.24, 2.45) is 0 Å². The third kappa shape index (κ3) is 3.29. The number of alkyl halides is 3. The predicted molar refractivity (Wildman–Crippen MR) is 88.0 cm³/mol. The molecule has 0 radical (unpaired) electrons. The van der Waals surface area contributed by atoms with Crippen molar-refractivity contribution in [2.45, 2.75) is 31.7 Å². The Morgan fingerprint density at radius 2 is 2.00 bits per heavy atom. The molecule has 0 amide bonds. The van der Waals surface area contributed by atoms with Crippen molar-refractivity contribution in [3.8, 4) is 5.75 Å². The number of aromatic nitrogens is 4. The summed E-state index contributed by atoms with van der Waals surface area (Å²) in [7, 11) is 1.75. The summed E-state index contributed by atoms with van der Waals surface area (Å²) < 4.78 is 43.8. The van der Waals surface area contributed by atoms with E-state index in [9.17, 15) is 13.2 Å².